The molecule has 4 rings (SSSR count). The van der Waals surface area contributed by atoms with Crippen LogP contribution in [0.2, 0.25) is 5.02 Å². The largest absolute Gasteiger partial charge is 0.486 e. The van der Waals surface area contributed by atoms with Gasteiger partial charge in [0, 0.05) is 5.02 Å². The number of hydrogen-bond donors (Lipinski definition) is 0. The summed E-state index contributed by atoms with van der Waals surface area (Å²) in [5.74, 6) is 2.89. The zero-order valence-corrected chi connectivity index (χ0v) is 15.0. The molecule has 0 atom stereocenters. The number of halogens is 2. The first-order valence-electron chi connectivity index (χ1n) is 7.24. The summed E-state index contributed by atoms with van der Waals surface area (Å²) in [6.07, 6.45) is 0. The van der Waals surface area contributed by atoms with E-state index in [1.165, 1.54) is 0 Å². The molecule has 4 aromatic rings. The van der Waals surface area contributed by atoms with Crippen molar-refractivity contribution in [3.05, 3.63) is 64.0 Å². The molecule has 25 heavy (non-hydrogen) atoms. The summed E-state index contributed by atoms with van der Waals surface area (Å²) >= 11 is 9.07. The lowest BCUT2D eigenvalue weighted by Gasteiger charge is -2.03. The van der Waals surface area contributed by atoms with E-state index in [0.717, 1.165) is 0 Å². The zero-order chi connectivity index (χ0) is 17.2. The minimum Gasteiger partial charge on any atom is -0.486 e. The van der Waals surface area contributed by atoms with Crippen molar-refractivity contribution in [2.24, 2.45) is 0 Å². The van der Waals surface area contributed by atoms with E-state index in [9.17, 15) is 0 Å². The van der Waals surface area contributed by atoms with Gasteiger partial charge in [0.25, 0.3) is 5.89 Å². The van der Waals surface area contributed by atoms with Crippen LogP contribution in [0, 0.1) is 0 Å². The molecule has 0 N–H and O–H groups in total. The lowest BCUT2D eigenvalue weighted by Crippen LogP contribution is -1.93. The number of furan rings is 2. The van der Waals surface area contributed by atoms with Gasteiger partial charge in [-0.2, -0.15) is 4.98 Å². The quantitative estimate of drug-likeness (QED) is 0.418. The Kier molecular flexibility index (Phi) is 4.33. The van der Waals surface area contributed by atoms with Crippen molar-refractivity contribution in [1.82, 2.24) is 10.1 Å². The van der Waals surface area contributed by atoms with Crippen molar-refractivity contribution in [3.8, 4) is 29.0 Å². The minimum absolute atomic E-state index is 0.264. The Morgan fingerprint density at radius 1 is 0.960 bits per heavy atom. The smallest absolute Gasteiger partial charge is 0.294 e. The lowest BCUT2D eigenvalue weighted by molar-refractivity contribution is 0.270. The number of aromatic nitrogens is 2. The first-order valence-corrected chi connectivity index (χ1v) is 8.41. The molecule has 3 heterocycles. The fourth-order valence-electron chi connectivity index (χ4n) is 2.11. The van der Waals surface area contributed by atoms with Crippen LogP contribution in [-0.4, -0.2) is 10.1 Å². The Morgan fingerprint density at radius 2 is 1.76 bits per heavy atom. The molecule has 126 valence electrons. The molecule has 0 aliphatic carbocycles. The van der Waals surface area contributed by atoms with E-state index in [1.54, 1.807) is 48.5 Å². The van der Waals surface area contributed by atoms with Gasteiger partial charge in [0.15, 0.2) is 16.2 Å². The van der Waals surface area contributed by atoms with Crippen molar-refractivity contribution in [3.63, 3.8) is 0 Å². The summed E-state index contributed by atoms with van der Waals surface area (Å²) in [5.41, 5.74) is 0. The van der Waals surface area contributed by atoms with Crippen LogP contribution in [0.5, 0.6) is 5.75 Å². The molecule has 0 aliphatic heterocycles. The highest BCUT2D eigenvalue weighted by Crippen LogP contribution is 2.27. The summed E-state index contributed by atoms with van der Waals surface area (Å²) in [5, 5.41) is 4.54. The SMILES string of the molecule is Clc1ccc(OCc2ccc(-c3nc(-c4ccc(Br)o4)no3)o2)cc1. The number of benzene rings is 1. The van der Waals surface area contributed by atoms with E-state index in [4.69, 9.17) is 29.7 Å². The highest BCUT2D eigenvalue weighted by molar-refractivity contribution is 9.10. The maximum Gasteiger partial charge on any atom is 0.294 e. The highest BCUT2D eigenvalue weighted by Gasteiger charge is 2.16. The van der Waals surface area contributed by atoms with Crippen LogP contribution in [0.15, 0.2) is 66.6 Å². The van der Waals surface area contributed by atoms with Gasteiger partial charge in [-0.25, -0.2) is 0 Å². The van der Waals surface area contributed by atoms with Gasteiger partial charge in [-0.05, 0) is 64.5 Å². The molecule has 0 bridgehead atoms. The minimum atomic E-state index is 0.264. The lowest BCUT2D eigenvalue weighted by atomic mass is 10.3. The van der Waals surface area contributed by atoms with E-state index >= 15 is 0 Å². The third-order valence-corrected chi connectivity index (χ3v) is 3.96. The number of ether oxygens (including phenoxy) is 1. The summed E-state index contributed by atoms with van der Waals surface area (Å²) in [4.78, 5) is 4.26. The molecule has 0 spiro atoms. The van der Waals surface area contributed by atoms with E-state index in [-0.39, 0.29) is 12.5 Å². The van der Waals surface area contributed by atoms with Crippen molar-refractivity contribution < 1.29 is 18.1 Å². The van der Waals surface area contributed by atoms with E-state index in [1.807, 2.05) is 0 Å². The molecule has 0 saturated carbocycles. The molecule has 1 aromatic carbocycles. The summed E-state index contributed by atoms with van der Waals surface area (Å²) < 4.78 is 22.5. The monoisotopic (exact) mass is 420 g/mol. The predicted molar refractivity (Wildman–Crippen MR) is 93.2 cm³/mol. The van der Waals surface area contributed by atoms with E-state index < -0.39 is 0 Å². The van der Waals surface area contributed by atoms with Crippen LogP contribution >= 0.6 is 27.5 Å². The topological polar surface area (TPSA) is 74.4 Å². The number of nitrogens with zero attached hydrogens (tertiary/aromatic N) is 2. The molecular weight excluding hydrogens is 412 g/mol. The molecule has 6 nitrogen and oxygen atoms in total. The second-order valence-corrected chi connectivity index (χ2v) is 6.25. The second-order valence-electron chi connectivity index (χ2n) is 5.04. The Bertz CT molecular complexity index is 990. The van der Waals surface area contributed by atoms with Crippen LogP contribution in [0.25, 0.3) is 23.2 Å². The number of rotatable bonds is 5. The molecule has 0 unspecified atom stereocenters. The summed E-state index contributed by atoms with van der Waals surface area (Å²) in [7, 11) is 0. The molecule has 0 amide bonds. The first kappa shape index (κ1) is 16.0. The average molecular weight is 422 g/mol. The van der Waals surface area contributed by atoms with Crippen LogP contribution in [0.4, 0.5) is 0 Å². The van der Waals surface area contributed by atoms with Gasteiger partial charge >= 0.3 is 0 Å². The fourth-order valence-corrected chi connectivity index (χ4v) is 2.55. The Morgan fingerprint density at radius 3 is 2.52 bits per heavy atom. The van der Waals surface area contributed by atoms with Gasteiger partial charge in [0.05, 0.1) is 0 Å². The van der Waals surface area contributed by atoms with E-state index in [0.29, 0.717) is 38.5 Å². The molecule has 0 saturated heterocycles. The van der Waals surface area contributed by atoms with Gasteiger partial charge in [-0.15, -0.1) is 0 Å². The van der Waals surface area contributed by atoms with E-state index in [2.05, 4.69) is 26.1 Å². The van der Waals surface area contributed by atoms with Gasteiger partial charge in [0.2, 0.25) is 5.82 Å². The maximum atomic E-state index is 5.84. The molecular formula is C17H10BrClN2O4. The van der Waals surface area contributed by atoms with Gasteiger partial charge < -0.3 is 18.1 Å². The molecule has 0 aliphatic rings. The van der Waals surface area contributed by atoms with Crippen molar-refractivity contribution >= 4 is 27.5 Å². The average Bonchev–Trinajstić information content (AvgIpc) is 3.34. The summed E-state index contributed by atoms with van der Waals surface area (Å²) in [6.45, 7) is 0.272. The van der Waals surface area contributed by atoms with Gasteiger partial charge in [-0.3, -0.25) is 0 Å². The van der Waals surface area contributed by atoms with Crippen molar-refractivity contribution in [2.45, 2.75) is 6.61 Å². The molecule has 0 radical (unpaired) electrons. The third kappa shape index (κ3) is 3.62. The van der Waals surface area contributed by atoms with Gasteiger partial charge in [0.1, 0.15) is 18.1 Å². The zero-order valence-electron chi connectivity index (χ0n) is 12.6. The summed E-state index contributed by atoms with van der Waals surface area (Å²) in [6, 6.07) is 14.1. The Labute approximate surface area is 155 Å². The van der Waals surface area contributed by atoms with Gasteiger partial charge in [-0.1, -0.05) is 16.8 Å². The Balaban J connectivity index is 1.46. The number of hydrogen-bond acceptors (Lipinski definition) is 6. The maximum absolute atomic E-state index is 5.84. The molecule has 8 heteroatoms. The molecule has 0 fully saturated rings. The third-order valence-electron chi connectivity index (χ3n) is 3.29. The Hall–Kier alpha value is -2.51. The van der Waals surface area contributed by atoms with Crippen molar-refractivity contribution in [2.75, 3.05) is 0 Å². The normalized spacial score (nSPS) is 11.0. The second kappa shape index (κ2) is 6.78. The van der Waals surface area contributed by atoms with Crippen LogP contribution in [0.3, 0.4) is 0 Å². The molecule has 3 aromatic heterocycles. The standard InChI is InChI=1S/C17H10BrClN2O4/c18-15-8-7-13(24-15)16-20-17(25-21-16)14-6-5-12(23-14)9-22-11-3-1-10(19)2-4-11/h1-8H,9H2. The fraction of sp³-hybridized carbons (Fsp3) is 0.0588. The highest BCUT2D eigenvalue weighted by atomic mass is 79.9. The van der Waals surface area contributed by atoms with Crippen LogP contribution < -0.4 is 4.74 Å². The first-order chi connectivity index (χ1) is 12.2. The van der Waals surface area contributed by atoms with Crippen LogP contribution in [-0.2, 0) is 6.61 Å². The van der Waals surface area contributed by atoms with Crippen molar-refractivity contribution in [1.29, 1.82) is 0 Å². The predicted octanol–water partition coefficient (Wildman–Crippen LogP) is 5.58. The van der Waals surface area contributed by atoms with Crippen LogP contribution in [0.1, 0.15) is 5.76 Å².